The second-order valence-corrected chi connectivity index (χ2v) is 4.95. The van der Waals surface area contributed by atoms with Gasteiger partial charge in [0.15, 0.2) is 0 Å². The van der Waals surface area contributed by atoms with Gasteiger partial charge in [-0.25, -0.2) is 0 Å². The van der Waals surface area contributed by atoms with Crippen LogP contribution in [0.1, 0.15) is 30.1 Å². The average Bonchev–Trinajstić information content (AvgIpc) is 3.01. The number of amides is 2. The van der Waals surface area contributed by atoms with Gasteiger partial charge in [0.05, 0.1) is 0 Å². The molecule has 0 saturated carbocycles. The van der Waals surface area contributed by atoms with Crippen molar-refractivity contribution in [1.82, 2.24) is 4.90 Å². The lowest BCUT2D eigenvalue weighted by Gasteiger charge is -2.15. The smallest absolute Gasteiger partial charge is 0.253 e. The number of rotatable bonds is 4. The van der Waals surface area contributed by atoms with Crippen molar-refractivity contribution in [1.29, 1.82) is 0 Å². The van der Waals surface area contributed by atoms with Crippen LogP contribution in [-0.2, 0) is 4.79 Å². The molecule has 0 radical (unpaired) electrons. The van der Waals surface area contributed by atoms with Crippen molar-refractivity contribution in [3.63, 3.8) is 0 Å². The Labute approximate surface area is 125 Å². The van der Waals surface area contributed by atoms with Gasteiger partial charge in [-0.2, -0.15) is 0 Å². The first-order valence-electron chi connectivity index (χ1n) is 7.20. The SMILES string of the molecule is CC=CC=CC(=O)Nc1cccc(C(=O)N2CCCC2)c1. The molecule has 21 heavy (non-hydrogen) atoms. The first kappa shape index (κ1) is 15.0. The van der Waals surface area contributed by atoms with Crippen LogP contribution in [0.15, 0.2) is 48.6 Å². The Morgan fingerprint density at radius 2 is 1.95 bits per heavy atom. The summed E-state index contributed by atoms with van der Waals surface area (Å²) < 4.78 is 0. The molecule has 4 nitrogen and oxygen atoms in total. The summed E-state index contributed by atoms with van der Waals surface area (Å²) in [5.41, 5.74) is 1.25. The van der Waals surface area contributed by atoms with Gasteiger partial charge in [-0.05, 0) is 38.0 Å². The Bertz CT molecular complexity index is 570. The fraction of sp³-hybridized carbons (Fsp3) is 0.294. The highest BCUT2D eigenvalue weighted by molar-refractivity contribution is 6.01. The third-order valence-corrected chi connectivity index (χ3v) is 3.32. The quantitative estimate of drug-likeness (QED) is 0.682. The standard InChI is InChI=1S/C17H20N2O2/c1-2-3-4-10-16(20)18-15-9-7-8-14(13-15)17(21)19-11-5-6-12-19/h2-4,7-10,13H,5-6,11-12H2,1H3,(H,18,20). The van der Waals surface area contributed by atoms with E-state index in [1.165, 1.54) is 6.08 Å². The molecule has 1 saturated heterocycles. The van der Waals surface area contributed by atoms with Gasteiger partial charge in [0.1, 0.15) is 0 Å². The number of carbonyl (C=O) groups is 2. The van der Waals surface area contributed by atoms with Gasteiger partial charge < -0.3 is 10.2 Å². The molecule has 1 N–H and O–H groups in total. The molecule has 0 bridgehead atoms. The van der Waals surface area contributed by atoms with Gasteiger partial charge in [-0.15, -0.1) is 0 Å². The summed E-state index contributed by atoms with van der Waals surface area (Å²) >= 11 is 0. The number of nitrogens with one attached hydrogen (secondary N) is 1. The molecule has 0 aromatic heterocycles. The molecule has 0 spiro atoms. The summed E-state index contributed by atoms with van der Waals surface area (Å²) in [5, 5.41) is 2.76. The maximum atomic E-state index is 12.3. The molecule has 1 heterocycles. The van der Waals surface area contributed by atoms with E-state index in [0.717, 1.165) is 25.9 Å². The topological polar surface area (TPSA) is 49.4 Å². The van der Waals surface area contributed by atoms with Crippen molar-refractivity contribution in [3.05, 3.63) is 54.1 Å². The van der Waals surface area contributed by atoms with Crippen molar-refractivity contribution in [2.75, 3.05) is 18.4 Å². The minimum atomic E-state index is -0.209. The number of benzene rings is 1. The van der Waals surface area contributed by atoms with Crippen molar-refractivity contribution in [2.24, 2.45) is 0 Å². The lowest BCUT2D eigenvalue weighted by atomic mass is 10.1. The first-order chi connectivity index (χ1) is 10.2. The van der Waals surface area contributed by atoms with Crippen molar-refractivity contribution in [3.8, 4) is 0 Å². The van der Waals surface area contributed by atoms with Crippen LogP contribution in [0.5, 0.6) is 0 Å². The molecule has 0 unspecified atom stereocenters. The number of likely N-dealkylation sites (tertiary alicyclic amines) is 1. The van der Waals surface area contributed by atoms with E-state index in [1.807, 2.05) is 17.9 Å². The van der Waals surface area contributed by atoms with E-state index in [2.05, 4.69) is 5.32 Å². The fourth-order valence-electron chi connectivity index (χ4n) is 2.27. The third kappa shape index (κ3) is 4.31. The molecular formula is C17H20N2O2. The van der Waals surface area contributed by atoms with Gasteiger partial charge >= 0.3 is 0 Å². The van der Waals surface area contributed by atoms with Gasteiger partial charge in [-0.3, -0.25) is 9.59 Å². The van der Waals surface area contributed by atoms with Crippen LogP contribution in [0.2, 0.25) is 0 Å². The number of allylic oxidation sites excluding steroid dienone is 3. The molecular weight excluding hydrogens is 264 g/mol. The van der Waals surface area contributed by atoms with E-state index >= 15 is 0 Å². The van der Waals surface area contributed by atoms with Crippen LogP contribution in [0.3, 0.4) is 0 Å². The number of hydrogen-bond acceptors (Lipinski definition) is 2. The fourth-order valence-corrected chi connectivity index (χ4v) is 2.27. The van der Waals surface area contributed by atoms with E-state index in [4.69, 9.17) is 0 Å². The predicted molar refractivity (Wildman–Crippen MR) is 84.2 cm³/mol. The highest BCUT2D eigenvalue weighted by Crippen LogP contribution is 2.16. The first-order valence-corrected chi connectivity index (χ1v) is 7.20. The van der Waals surface area contributed by atoms with E-state index in [0.29, 0.717) is 11.3 Å². The van der Waals surface area contributed by atoms with E-state index in [1.54, 1.807) is 36.4 Å². The molecule has 1 fully saturated rings. The van der Waals surface area contributed by atoms with Crippen LogP contribution in [0.4, 0.5) is 5.69 Å². The van der Waals surface area contributed by atoms with Crippen molar-refractivity contribution in [2.45, 2.75) is 19.8 Å². The minimum Gasteiger partial charge on any atom is -0.339 e. The van der Waals surface area contributed by atoms with Crippen LogP contribution >= 0.6 is 0 Å². The van der Waals surface area contributed by atoms with E-state index < -0.39 is 0 Å². The number of hydrogen-bond donors (Lipinski definition) is 1. The Kier molecular flexibility index (Phi) is 5.32. The molecule has 2 rings (SSSR count). The zero-order chi connectivity index (χ0) is 15.1. The lowest BCUT2D eigenvalue weighted by Crippen LogP contribution is -2.27. The molecule has 1 aromatic rings. The van der Waals surface area contributed by atoms with Crippen LogP contribution < -0.4 is 5.32 Å². The maximum Gasteiger partial charge on any atom is 0.253 e. The second-order valence-electron chi connectivity index (χ2n) is 4.95. The normalized spacial score (nSPS) is 15.0. The summed E-state index contributed by atoms with van der Waals surface area (Å²) in [6.07, 6.45) is 8.89. The summed E-state index contributed by atoms with van der Waals surface area (Å²) in [7, 11) is 0. The Morgan fingerprint density at radius 3 is 2.67 bits per heavy atom. The summed E-state index contributed by atoms with van der Waals surface area (Å²) in [5.74, 6) is -0.174. The van der Waals surface area contributed by atoms with Gasteiger partial charge in [0.2, 0.25) is 5.91 Å². The highest BCUT2D eigenvalue weighted by Gasteiger charge is 2.19. The maximum absolute atomic E-state index is 12.3. The van der Waals surface area contributed by atoms with Crippen LogP contribution in [0, 0.1) is 0 Å². The Morgan fingerprint density at radius 1 is 1.19 bits per heavy atom. The van der Waals surface area contributed by atoms with Crippen LogP contribution in [-0.4, -0.2) is 29.8 Å². The third-order valence-electron chi connectivity index (χ3n) is 3.32. The summed E-state index contributed by atoms with van der Waals surface area (Å²) in [6.45, 7) is 3.53. The Hall–Kier alpha value is -2.36. The van der Waals surface area contributed by atoms with Gasteiger partial charge in [0, 0.05) is 30.4 Å². The minimum absolute atomic E-state index is 0.0352. The monoisotopic (exact) mass is 284 g/mol. The highest BCUT2D eigenvalue weighted by atomic mass is 16.2. The average molecular weight is 284 g/mol. The molecule has 110 valence electrons. The molecule has 1 aliphatic heterocycles. The molecule has 4 heteroatoms. The number of anilines is 1. The van der Waals surface area contributed by atoms with Crippen molar-refractivity contribution < 1.29 is 9.59 Å². The molecule has 1 aromatic carbocycles. The molecule has 0 aliphatic carbocycles. The summed E-state index contributed by atoms with van der Waals surface area (Å²) in [6, 6.07) is 7.07. The lowest BCUT2D eigenvalue weighted by molar-refractivity contribution is -0.111. The molecule has 2 amide bonds. The second kappa shape index (κ2) is 7.43. The van der Waals surface area contributed by atoms with Gasteiger partial charge in [0.25, 0.3) is 5.91 Å². The molecule has 1 aliphatic rings. The van der Waals surface area contributed by atoms with E-state index in [9.17, 15) is 9.59 Å². The summed E-state index contributed by atoms with van der Waals surface area (Å²) in [4.78, 5) is 25.8. The number of carbonyl (C=O) groups excluding carboxylic acids is 2. The van der Waals surface area contributed by atoms with E-state index in [-0.39, 0.29) is 11.8 Å². The van der Waals surface area contributed by atoms with Gasteiger partial charge in [-0.1, -0.05) is 24.3 Å². The predicted octanol–water partition coefficient (Wildman–Crippen LogP) is 2.99. The molecule has 0 atom stereocenters. The number of nitrogens with zero attached hydrogens (tertiary/aromatic N) is 1. The largest absolute Gasteiger partial charge is 0.339 e. The van der Waals surface area contributed by atoms with Crippen LogP contribution in [0.25, 0.3) is 0 Å². The zero-order valence-corrected chi connectivity index (χ0v) is 12.2. The Balaban J connectivity index is 2.03. The zero-order valence-electron chi connectivity index (χ0n) is 12.2. The van der Waals surface area contributed by atoms with Crippen molar-refractivity contribution >= 4 is 17.5 Å².